The highest BCUT2D eigenvalue weighted by Crippen LogP contribution is 2.14. The third-order valence-electron chi connectivity index (χ3n) is 5.39. The Morgan fingerprint density at radius 3 is 2.97 bits per heavy atom. The van der Waals surface area contributed by atoms with E-state index in [4.69, 9.17) is 9.73 Å². The minimum atomic E-state index is 0. The fraction of sp³-hybridized carbons (Fsp3) is 0.800. The molecule has 3 heterocycles. The van der Waals surface area contributed by atoms with E-state index in [0.29, 0.717) is 25.5 Å². The monoisotopic (exact) mass is 533 g/mol. The van der Waals surface area contributed by atoms with Crippen molar-refractivity contribution in [3.05, 3.63) is 11.6 Å². The Balaban J connectivity index is 0.00000320. The molecule has 2 N–H and O–H groups in total. The molecule has 30 heavy (non-hydrogen) atoms. The molecule has 10 heteroatoms. The van der Waals surface area contributed by atoms with Crippen LogP contribution >= 0.6 is 24.0 Å². The molecular formula is C20H36IN7O2. The number of ether oxygens (including phenoxy) is 1. The van der Waals surface area contributed by atoms with E-state index in [9.17, 15) is 4.79 Å². The third kappa shape index (κ3) is 7.36. The van der Waals surface area contributed by atoms with E-state index < -0.39 is 0 Å². The molecule has 2 aliphatic rings. The molecule has 0 spiro atoms. The Bertz CT molecular complexity index is 695. The van der Waals surface area contributed by atoms with Crippen LogP contribution in [0.2, 0.25) is 0 Å². The molecule has 2 aliphatic heterocycles. The number of halogens is 1. The second-order valence-electron chi connectivity index (χ2n) is 7.74. The number of aryl methyl sites for hydroxylation is 1. The smallest absolute Gasteiger partial charge is 0.222 e. The average molecular weight is 533 g/mol. The lowest BCUT2D eigenvalue weighted by Crippen LogP contribution is -2.47. The van der Waals surface area contributed by atoms with Crippen molar-refractivity contribution >= 4 is 35.8 Å². The zero-order chi connectivity index (χ0) is 20.5. The standard InChI is InChI=1S/C20H35N7O2.HI/c1-3-21-20(22-11-7-13-26-12-6-4-5-8-19(26)28)23-16-9-10-18-24-17(15-29-2)25-27(18)14-16;/h16H,3-15H2,1-2H3,(H2,21,22,23);1H. The van der Waals surface area contributed by atoms with Gasteiger partial charge in [-0.1, -0.05) is 6.42 Å². The zero-order valence-electron chi connectivity index (χ0n) is 18.2. The van der Waals surface area contributed by atoms with Crippen LogP contribution in [0.4, 0.5) is 0 Å². The van der Waals surface area contributed by atoms with Crippen LogP contribution in [0, 0.1) is 0 Å². The largest absolute Gasteiger partial charge is 0.377 e. The van der Waals surface area contributed by atoms with Gasteiger partial charge in [0.05, 0.1) is 6.54 Å². The maximum absolute atomic E-state index is 12.1. The number of carbonyl (C=O) groups excluding carboxylic acids is 1. The minimum absolute atomic E-state index is 0. The summed E-state index contributed by atoms with van der Waals surface area (Å²) in [4.78, 5) is 23.4. The molecule has 1 amide bonds. The first kappa shape index (κ1) is 24.8. The molecule has 0 aliphatic carbocycles. The number of likely N-dealkylation sites (tertiary alicyclic amines) is 1. The summed E-state index contributed by atoms with van der Waals surface area (Å²) in [6.45, 7) is 6.51. The number of fused-ring (bicyclic) bond motifs is 1. The Morgan fingerprint density at radius 1 is 1.30 bits per heavy atom. The summed E-state index contributed by atoms with van der Waals surface area (Å²) in [5.74, 6) is 2.90. The second-order valence-corrected chi connectivity index (χ2v) is 7.74. The van der Waals surface area contributed by atoms with Gasteiger partial charge in [0.1, 0.15) is 12.4 Å². The lowest BCUT2D eigenvalue weighted by atomic mass is 10.1. The van der Waals surface area contributed by atoms with E-state index in [1.165, 1.54) is 0 Å². The van der Waals surface area contributed by atoms with E-state index in [1.54, 1.807) is 7.11 Å². The van der Waals surface area contributed by atoms with Gasteiger partial charge >= 0.3 is 0 Å². The maximum atomic E-state index is 12.1. The van der Waals surface area contributed by atoms with Crippen molar-refractivity contribution in [3.63, 3.8) is 0 Å². The highest BCUT2D eigenvalue weighted by Gasteiger charge is 2.22. The van der Waals surface area contributed by atoms with Gasteiger partial charge in [-0.2, -0.15) is 5.10 Å². The zero-order valence-corrected chi connectivity index (χ0v) is 20.6. The number of aliphatic imine (C=N–C) groups is 1. The first-order valence-corrected chi connectivity index (χ1v) is 10.9. The number of methoxy groups -OCH3 is 1. The fourth-order valence-electron chi connectivity index (χ4n) is 3.91. The van der Waals surface area contributed by atoms with Crippen LogP contribution in [0.25, 0.3) is 0 Å². The quantitative estimate of drug-likeness (QED) is 0.229. The molecule has 1 atom stereocenters. The van der Waals surface area contributed by atoms with E-state index in [0.717, 1.165) is 82.3 Å². The number of rotatable bonds is 8. The number of carbonyl (C=O) groups is 1. The van der Waals surface area contributed by atoms with Crippen LogP contribution in [0.15, 0.2) is 4.99 Å². The first-order chi connectivity index (χ1) is 14.2. The average Bonchev–Trinajstić information content (AvgIpc) is 2.99. The van der Waals surface area contributed by atoms with Crippen molar-refractivity contribution in [2.75, 3.05) is 33.3 Å². The number of hydrogen-bond donors (Lipinski definition) is 2. The number of hydrogen-bond acceptors (Lipinski definition) is 5. The molecule has 1 aromatic heterocycles. The van der Waals surface area contributed by atoms with Gasteiger partial charge in [-0.15, -0.1) is 24.0 Å². The summed E-state index contributed by atoms with van der Waals surface area (Å²) in [6.07, 6.45) is 6.80. The predicted molar refractivity (Wildman–Crippen MR) is 127 cm³/mol. The van der Waals surface area contributed by atoms with E-state index >= 15 is 0 Å². The van der Waals surface area contributed by atoms with Crippen LogP contribution in [-0.4, -0.2) is 70.9 Å². The van der Waals surface area contributed by atoms with E-state index in [2.05, 4.69) is 27.6 Å². The van der Waals surface area contributed by atoms with Crippen molar-refractivity contribution in [2.24, 2.45) is 4.99 Å². The Labute approximate surface area is 196 Å². The summed E-state index contributed by atoms with van der Waals surface area (Å²) >= 11 is 0. The summed E-state index contributed by atoms with van der Waals surface area (Å²) < 4.78 is 7.11. The molecular weight excluding hydrogens is 497 g/mol. The van der Waals surface area contributed by atoms with Crippen LogP contribution in [0.3, 0.4) is 0 Å². The molecule has 1 fully saturated rings. The molecule has 0 aromatic carbocycles. The van der Waals surface area contributed by atoms with E-state index in [-0.39, 0.29) is 30.0 Å². The first-order valence-electron chi connectivity index (χ1n) is 10.9. The number of aromatic nitrogens is 3. The summed E-state index contributed by atoms with van der Waals surface area (Å²) in [7, 11) is 1.66. The highest BCUT2D eigenvalue weighted by molar-refractivity contribution is 14.0. The molecule has 1 saturated heterocycles. The van der Waals surface area contributed by atoms with Crippen molar-refractivity contribution in [2.45, 2.75) is 71.1 Å². The van der Waals surface area contributed by atoms with Gasteiger partial charge in [0.15, 0.2) is 11.8 Å². The molecule has 0 bridgehead atoms. The molecule has 3 rings (SSSR count). The van der Waals surface area contributed by atoms with Crippen molar-refractivity contribution in [1.29, 1.82) is 0 Å². The number of guanidine groups is 1. The summed E-state index contributed by atoms with van der Waals surface area (Å²) in [5, 5.41) is 11.4. The maximum Gasteiger partial charge on any atom is 0.222 e. The highest BCUT2D eigenvalue weighted by atomic mass is 127. The molecule has 1 unspecified atom stereocenters. The Hall–Kier alpha value is -1.43. The fourth-order valence-corrected chi connectivity index (χ4v) is 3.91. The lowest BCUT2D eigenvalue weighted by Gasteiger charge is -2.25. The topological polar surface area (TPSA) is 96.7 Å². The summed E-state index contributed by atoms with van der Waals surface area (Å²) in [6, 6.07) is 0.268. The van der Waals surface area contributed by atoms with Gasteiger partial charge in [-0.05, 0) is 32.6 Å². The Morgan fingerprint density at radius 2 is 2.17 bits per heavy atom. The molecule has 0 saturated carbocycles. The predicted octanol–water partition coefficient (Wildman–Crippen LogP) is 1.71. The van der Waals surface area contributed by atoms with Crippen LogP contribution in [0.5, 0.6) is 0 Å². The molecule has 9 nitrogen and oxygen atoms in total. The third-order valence-corrected chi connectivity index (χ3v) is 5.39. The van der Waals surface area contributed by atoms with Crippen molar-refractivity contribution < 1.29 is 9.53 Å². The number of nitrogens with zero attached hydrogens (tertiary/aromatic N) is 5. The van der Waals surface area contributed by atoms with Crippen molar-refractivity contribution in [1.82, 2.24) is 30.3 Å². The van der Waals surface area contributed by atoms with Gasteiger partial charge in [-0.25, -0.2) is 9.67 Å². The second kappa shape index (κ2) is 13.1. The molecule has 0 radical (unpaired) electrons. The molecule has 170 valence electrons. The van der Waals surface area contributed by atoms with Gasteiger partial charge in [0.2, 0.25) is 5.91 Å². The minimum Gasteiger partial charge on any atom is -0.377 e. The Kier molecular flexibility index (Phi) is 10.8. The SMILES string of the molecule is CCNC(=NCCCN1CCCCCC1=O)NC1CCc2nc(COC)nn2C1.I. The van der Waals surface area contributed by atoms with E-state index in [1.807, 2.05) is 9.58 Å². The van der Waals surface area contributed by atoms with Gasteiger partial charge in [0.25, 0.3) is 0 Å². The normalized spacial score (nSPS) is 19.7. The van der Waals surface area contributed by atoms with Gasteiger partial charge in [0, 0.05) is 52.2 Å². The lowest BCUT2D eigenvalue weighted by molar-refractivity contribution is -0.130. The van der Waals surface area contributed by atoms with Crippen LogP contribution in [0.1, 0.15) is 57.1 Å². The van der Waals surface area contributed by atoms with Crippen LogP contribution in [-0.2, 0) is 29.1 Å². The van der Waals surface area contributed by atoms with Gasteiger partial charge < -0.3 is 20.3 Å². The van der Waals surface area contributed by atoms with Crippen LogP contribution < -0.4 is 10.6 Å². The summed E-state index contributed by atoms with van der Waals surface area (Å²) in [5.41, 5.74) is 0. The van der Waals surface area contributed by atoms with Gasteiger partial charge in [-0.3, -0.25) is 9.79 Å². The van der Waals surface area contributed by atoms with Crippen molar-refractivity contribution in [3.8, 4) is 0 Å². The number of nitrogens with one attached hydrogen (secondary N) is 2. The molecule has 1 aromatic rings. The number of amides is 1.